The summed E-state index contributed by atoms with van der Waals surface area (Å²) in [7, 11) is 0. The summed E-state index contributed by atoms with van der Waals surface area (Å²) < 4.78 is 0. The molecule has 0 aromatic carbocycles. The predicted octanol–water partition coefficient (Wildman–Crippen LogP) is 4.62. The molecule has 0 aromatic rings. The molecule has 4 aliphatic carbocycles. The first-order valence-electron chi connectivity index (χ1n) is 11.7. The fraction of sp³-hybridized carbons (Fsp3) is 0.958. The average Bonchev–Trinajstić information content (AvgIpc) is 2.99. The van der Waals surface area contributed by atoms with Gasteiger partial charge in [-0.2, -0.15) is 0 Å². The molecule has 4 nitrogen and oxygen atoms in total. The van der Waals surface area contributed by atoms with E-state index in [2.05, 4.69) is 13.8 Å². The minimum absolute atomic E-state index is 0.0539. The number of hydrogen-bond donors (Lipinski definition) is 3. The third-order valence-electron chi connectivity index (χ3n) is 10.2. The Labute approximate surface area is 170 Å². The minimum atomic E-state index is -0.884. The number of carbonyl (C=O) groups is 1. The number of carboxylic acids is 1. The quantitative estimate of drug-likeness (QED) is 0.652. The molecule has 4 aliphatic rings. The molecule has 0 radical (unpaired) electrons. The van der Waals surface area contributed by atoms with E-state index in [0.29, 0.717) is 23.7 Å². The highest BCUT2D eigenvalue weighted by molar-refractivity contribution is 5.66. The smallest absolute Gasteiger partial charge is 0.303 e. The van der Waals surface area contributed by atoms with Crippen LogP contribution in [0.5, 0.6) is 0 Å². The molecule has 1 unspecified atom stereocenters. The third-order valence-corrected chi connectivity index (χ3v) is 10.2. The highest BCUT2D eigenvalue weighted by atomic mass is 16.4. The van der Waals surface area contributed by atoms with Crippen molar-refractivity contribution in [2.75, 3.05) is 0 Å². The van der Waals surface area contributed by atoms with Crippen LogP contribution in [0.3, 0.4) is 0 Å². The monoisotopic (exact) mass is 392 g/mol. The molecule has 4 heteroatoms. The van der Waals surface area contributed by atoms with E-state index in [-0.39, 0.29) is 23.9 Å². The maximum atomic E-state index is 11.2. The molecule has 28 heavy (non-hydrogen) atoms. The second-order valence-electron chi connectivity index (χ2n) is 11.5. The van der Waals surface area contributed by atoms with Gasteiger partial charge in [0.05, 0.1) is 11.7 Å². The summed E-state index contributed by atoms with van der Waals surface area (Å²) in [6.07, 6.45) is 10.6. The summed E-state index contributed by atoms with van der Waals surface area (Å²) in [6, 6.07) is 0. The Morgan fingerprint density at radius 2 is 1.68 bits per heavy atom. The topological polar surface area (TPSA) is 77.8 Å². The summed E-state index contributed by atoms with van der Waals surface area (Å²) >= 11 is 0. The molecule has 160 valence electrons. The van der Waals surface area contributed by atoms with Gasteiger partial charge >= 0.3 is 5.97 Å². The molecule has 0 heterocycles. The van der Waals surface area contributed by atoms with Gasteiger partial charge in [0.15, 0.2) is 0 Å². The zero-order chi connectivity index (χ0) is 20.3. The molecule has 4 rings (SSSR count). The maximum Gasteiger partial charge on any atom is 0.303 e. The second kappa shape index (κ2) is 6.97. The van der Waals surface area contributed by atoms with E-state index in [1.54, 1.807) is 0 Å². The largest absolute Gasteiger partial charge is 0.481 e. The second-order valence-corrected chi connectivity index (χ2v) is 11.5. The van der Waals surface area contributed by atoms with Crippen molar-refractivity contribution in [3.8, 4) is 0 Å². The van der Waals surface area contributed by atoms with Crippen LogP contribution in [-0.4, -0.2) is 33.0 Å². The van der Waals surface area contributed by atoms with Crippen molar-refractivity contribution in [2.45, 2.75) is 103 Å². The third kappa shape index (κ3) is 3.14. The first-order chi connectivity index (χ1) is 13.1. The summed E-state index contributed by atoms with van der Waals surface area (Å²) in [5, 5.41) is 30.5. The van der Waals surface area contributed by atoms with Crippen molar-refractivity contribution in [1.29, 1.82) is 0 Å². The van der Waals surface area contributed by atoms with Gasteiger partial charge in [-0.25, -0.2) is 0 Å². The Morgan fingerprint density at radius 1 is 1.00 bits per heavy atom. The van der Waals surface area contributed by atoms with Gasteiger partial charge in [0, 0.05) is 6.42 Å². The molecule has 4 saturated carbocycles. The fourth-order valence-electron chi connectivity index (χ4n) is 8.79. The molecule has 0 bridgehead atoms. The summed E-state index contributed by atoms with van der Waals surface area (Å²) in [5.74, 6) is 2.25. The predicted molar refractivity (Wildman–Crippen MR) is 109 cm³/mol. The van der Waals surface area contributed by atoms with Crippen LogP contribution in [-0.2, 0) is 4.79 Å². The van der Waals surface area contributed by atoms with Gasteiger partial charge in [0.25, 0.3) is 0 Å². The van der Waals surface area contributed by atoms with E-state index in [1.807, 2.05) is 6.92 Å². The SMILES string of the molecule is CC(O)(CCC(=O)O)[C@H]1CC[C@H]2[C@@H]3CC[C@H]4C[C@@H](O)CC[C@]4(C)[C@H]3CC[C@]12C. The molecule has 0 aromatic heterocycles. The van der Waals surface area contributed by atoms with Crippen LogP contribution >= 0.6 is 0 Å². The van der Waals surface area contributed by atoms with Gasteiger partial charge in [0.1, 0.15) is 0 Å². The Morgan fingerprint density at radius 3 is 2.39 bits per heavy atom. The Kier molecular flexibility index (Phi) is 5.14. The molecular weight excluding hydrogens is 352 g/mol. The highest BCUT2D eigenvalue weighted by Gasteiger charge is 2.62. The lowest BCUT2D eigenvalue weighted by molar-refractivity contribution is -0.149. The maximum absolute atomic E-state index is 11.2. The van der Waals surface area contributed by atoms with E-state index >= 15 is 0 Å². The average molecular weight is 393 g/mol. The van der Waals surface area contributed by atoms with E-state index in [0.717, 1.165) is 37.5 Å². The standard InChI is InChI=1S/C24H40O4/c1-22-11-8-16(25)14-15(22)4-5-17-18-6-7-20(23(18,2)12-9-19(17)22)24(3,28)13-10-21(26)27/h15-20,25,28H,4-14H2,1-3H3,(H,26,27)/t15-,16-,17-,18-,19-,20-,22-,23-,24?/m0/s1. The summed E-state index contributed by atoms with van der Waals surface area (Å²) in [4.78, 5) is 11.1. The summed E-state index contributed by atoms with van der Waals surface area (Å²) in [6.45, 7) is 6.80. The lowest BCUT2D eigenvalue weighted by Gasteiger charge is -2.61. The number of hydrogen-bond acceptors (Lipinski definition) is 3. The fourth-order valence-corrected chi connectivity index (χ4v) is 8.79. The van der Waals surface area contributed by atoms with Crippen LogP contribution in [0.15, 0.2) is 0 Å². The van der Waals surface area contributed by atoms with Gasteiger partial charge in [-0.15, -0.1) is 0 Å². The zero-order valence-electron chi connectivity index (χ0n) is 18.0. The highest BCUT2D eigenvalue weighted by Crippen LogP contribution is 2.68. The van der Waals surface area contributed by atoms with E-state index in [4.69, 9.17) is 5.11 Å². The van der Waals surface area contributed by atoms with Crippen molar-refractivity contribution >= 4 is 5.97 Å². The van der Waals surface area contributed by atoms with Gasteiger partial charge < -0.3 is 15.3 Å². The minimum Gasteiger partial charge on any atom is -0.481 e. The van der Waals surface area contributed by atoms with Crippen LogP contribution in [0.25, 0.3) is 0 Å². The van der Waals surface area contributed by atoms with E-state index in [9.17, 15) is 15.0 Å². The van der Waals surface area contributed by atoms with Crippen molar-refractivity contribution in [3.63, 3.8) is 0 Å². The number of carboxylic acid groups (broad SMARTS) is 1. The molecule has 0 saturated heterocycles. The van der Waals surface area contributed by atoms with Crippen LogP contribution in [0.2, 0.25) is 0 Å². The van der Waals surface area contributed by atoms with E-state index < -0.39 is 11.6 Å². The van der Waals surface area contributed by atoms with Crippen molar-refractivity contribution < 1.29 is 20.1 Å². The molecule has 0 amide bonds. The zero-order valence-corrected chi connectivity index (χ0v) is 18.0. The number of fused-ring (bicyclic) bond motifs is 5. The van der Waals surface area contributed by atoms with Crippen molar-refractivity contribution in [2.24, 2.45) is 40.4 Å². The molecule has 4 fully saturated rings. The molecule has 9 atom stereocenters. The summed E-state index contributed by atoms with van der Waals surface area (Å²) in [5.41, 5.74) is -0.362. The molecule has 0 aliphatic heterocycles. The van der Waals surface area contributed by atoms with Gasteiger partial charge in [-0.1, -0.05) is 13.8 Å². The van der Waals surface area contributed by atoms with Gasteiger partial charge in [0.2, 0.25) is 0 Å². The number of aliphatic carboxylic acids is 1. The van der Waals surface area contributed by atoms with Crippen LogP contribution in [0.4, 0.5) is 0 Å². The van der Waals surface area contributed by atoms with E-state index in [1.165, 1.54) is 32.1 Å². The van der Waals surface area contributed by atoms with Gasteiger partial charge in [-0.3, -0.25) is 4.79 Å². The molecule has 3 N–H and O–H groups in total. The normalized spacial score (nSPS) is 50.2. The lowest BCUT2D eigenvalue weighted by Crippen LogP contribution is -2.55. The van der Waals surface area contributed by atoms with Crippen LogP contribution in [0.1, 0.15) is 91.4 Å². The Bertz CT molecular complexity index is 616. The lowest BCUT2D eigenvalue weighted by atomic mass is 9.44. The number of rotatable bonds is 4. The Hall–Kier alpha value is -0.610. The number of aliphatic hydroxyl groups is 2. The van der Waals surface area contributed by atoms with Gasteiger partial charge in [-0.05, 0) is 112 Å². The first kappa shape index (κ1) is 20.7. The molecule has 0 spiro atoms. The van der Waals surface area contributed by atoms with Crippen molar-refractivity contribution in [3.05, 3.63) is 0 Å². The first-order valence-corrected chi connectivity index (χ1v) is 11.7. The van der Waals surface area contributed by atoms with Crippen LogP contribution in [0, 0.1) is 40.4 Å². The molecular formula is C24H40O4. The van der Waals surface area contributed by atoms with Crippen LogP contribution < -0.4 is 0 Å². The number of aliphatic hydroxyl groups excluding tert-OH is 1. The van der Waals surface area contributed by atoms with Crippen molar-refractivity contribution in [1.82, 2.24) is 0 Å². The Balaban J connectivity index is 1.54.